The van der Waals surface area contributed by atoms with Gasteiger partial charge in [-0.2, -0.15) is 0 Å². The van der Waals surface area contributed by atoms with Gasteiger partial charge < -0.3 is 5.73 Å². The quantitative estimate of drug-likeness (QED) is 0.298. The van der Waals surface area contributed by atoms with Crippen molar-refractivity contribution >= 4 is 17.3 Å². The van der Waals surface area contributed by atoms with E-state index in [1.54, 1.807) is 11.3 Å². The zero-order chi connectivity index (χ0) is 10.7. The van der Waals surface area contributed by atoms with Crippen molar-refractivity contribution in [2.75, 3.05) is 0 Å². The predicted molar refractivity (Wildman–Crippen MR) is 61.2 cm³/mol. The van der Waals surface area contributed by atoms with Gasteiger partial charge in [0.15, 0.2) is 0 Å². The van der Waals surface area contributed by atoms with Gasteiger partial charge in [-0.25, -0.2) is 10.8 Å². The van der Waals surface area contributed by atoms with Crippen molar-refractivity contribution in [1.29, 1.82) is 0 Å². The van der Waals surface area contributed by atoms with Crippen molar-refractivity contribution < 1.29 is 0 Å². The highest BCUT2D eigenvalue weighted by molar-refractivity contribution is 7.12. The fourth-order valence-corrected chi connectivity index (χ4v) is 2.40. The fraction of sp³-hybridized carbons (Fsp3) is 0.444. The predicted octanol–water partition coefficient (Wildman–Crippen LogP) is 1.20. The Hall–Kier alpha value is -1.07. The maximum atomic E-state index is 5.49. The van der Waals surface area contributed by atoms with E-state index in [0.29, 0.717) is 0 Å². The molecule has 4 nitrogen and oxygen atoms in total. The topological polar surface area (TPSA) is 76.4 Å². The molecular formula is C9H16N4S. The van der Waals surface area contributed by atoms with E-state index < -0.39 is 0 Å². The molecule has 1 heterocycles. The van der Waals surface area contributed by atoms with Crippen LogP contribution in [0.1, 0.15) is 28.3 Å². The van der Waals surface area contributed by atoms with Crippen LogP contribution in [0.4, 0.5) is 0 Å². The number of nitrogens with one attached hydrogen (secondary N) is 1. The average molecular weight is 212 g/mol. The molecule has 1 aromatic rings. The van der Waals surface area contributed by atoms with Crippen LogP contribution >= 0.6 is 11.3 Å². The molecule has 0 aromatic carbocycles. The molecule has 0 aliphatic carbocycles. The van der Waals surface area contributed by atoms with E-state index in [9.17, 15) is 0 Å². The molecule has 14 heavy (non-hydrogen) atoms. The second kappa shape index (κ2) is 4.43. The van der Waals surface area contributed by atoms with Crippen LogP contribution in [0.5, 0.6) is 0 Å². The number of aryl methyl sites for hydroxylation is 2. The van der Waals surface area contributed by atoms with E-state index in [-0.39, 0.29) is 12.0 Å². The monoisotopic (exact) mass is 212 g/mol. The summed E-state index contributed by atoms with van der Waals surface area (Å²) in [4.78, 5) is 6.78. The molecule has 5 N–H and O–H groups in total. The fourth-order valence-electron chi connectivity index (χ4n) is 1.38. The number of hydrogen-bond donors (Lipinski definition) is 3. The van der Waals surface area contributed by atoms with E-state index in [4.69, 9.17) is 11.6 Å². The Bertz CT molecular complexity index is 343. The summed E-state index contributed by atoms with van der Waals surface area (Å²) in [5.74, 6) is 5.40. The van der Waals surface area contributed by atoms with Crippen LogP contribution in [0.15, 0.2) is 11.1 Å². The van der Waals surface area contributed by atoms with Gasteiger partial charge in [0.05, 0.1) is 6.04 Å². The van der Waals surface area contributed by atoms with Gasteiger partial charge in [0.2, 0.25) is 5.96 Å². The van der Waals surface area contributed by atoms with Gasteiger partial charge in [0.25, 0.3) is 0 Å². The van der Waals surface area contributed by atoms with Gasteiger partial charge in [0, 0.05) is 9.75 Å². The van der Waals surface area contributed by atoms with E-state index in [1.165, 1.54) is 15.3 Å². The van der Waals surface area contributed by atoms with Crippen LogP contribution in [0.3, 0.4) is 0 Å². The summed E-state index contributed by atoms with van der Waals surface area (Å²) in [5, 5.41) is 0. The highest BCUT2D eigenvalue weighted by Gasteiger charge is 2.10. The van der Waals surface area contributed by atoms with Crippen LogP contribution in [-0.4, -0.2) is 5.96 Å². The number of nitrogens with zero attached hydrogens (tertiary/aromatic N) is 1. The Labute approximate surface area is 88.0 Å². The van der Waals surface area contributed by atoms with Crippen molar-refractivity contribution in [2.24, 2.45) is 16.6 Å². The molecule has 0 fully saturated rings. The third-order valence-electron chi connectivity index (χ3n) is 2.01. The van der Waals surface area contributed by atoms with Crippen molar-refractivity contribution in [3.05, 3.63) is 21.4 Å². The standard InChI is InChI=1S/C9H16N4S/c1-5-4-8(7(3)14-5)6(2)12-9(10)13-11/h4,6H,11H2,1-3H3,(H3,10,12,13). The number of thiophene rings is 1. The van der Waals surface area contributed by atoms with Gasteiger partial charge in [-0.1, -0.05) is 0 Å². The second-order valence-electron chi connectivity index (χ2n) is 3.20. The lowest BCUT2D eigenvalue weighted by Gasteiger charge is -2.07. The zero-order valence-corrected chi connectivity index (χ0v) is 9.48. The lowest BCUT2D eigenvalue weighted by atomic mass is 10.1. The average Bonchev–Trinajstić information content (AvgIpc) is 2.45. The summed E-state index contributed by atoms with van der Waals surface area (Å²) in [7, 11) is 0. The molecule has 1 aromatic heterocycles. The Morgan fingerprint density at radius 1 is 1.57 bits per heavy atom. The molecule has 1 unspecified atom stereocenters. The maximum Gasteiger partial charge on any atom is 0.203 e. The largest absolute Gasteiger partial charge is 0.369 e. The first-order chi connectivity index (χ1) is 6.54. The summed E-state index contributed by atoms with van der Waals surface area (Å²) < 4.78 is 0. The molecule has 0 aliphatic heterocycles. The van der Waals surface area contributed by atoms with Crippen molar-refractivity contribution in [3.63, 3.8) is 0 Å². The molecule has 0 bridgehead atoms. The van der Waals surface area contributed by atoms with Crippen LogP contribution in [0.2, 0.25) is 0 Å². The van der Waals surface area contributed by atoms with Gasteiger partial charge >= 0.3 is 0 Å². The van der Waals surface area contributed by atoms with Gasteiger partial charge in [-0.15, -0.1) is 11.3 Å². The van der Waals surface area contributed by atoms with E-state index in [2.05, 4.69) is 30.3 Å². The van der Waals surface area contributed by atoms with Gasteiger partial charge in [-0.05, 0) is 32.4 Å². The lowest BCUT2D eigenvalue weighted by Crippen LogP contribution is -2.37. The number of guanidine groups is 1. The summed E-state index contributed by atoms with van der Waals surface area (Å²) in [6.07, 6.45) is 0. The van der Waals surface area contributed by atoms with Crippen molar-refractivity contribution in [2.45, 2.75) is 26.8 Å². The normalized spacial score (nSPS) is 14.1. The molecule has 0 amide bonds. The van der Waals surface area contributed by atoms with Crippen LogP contribution in [0.25, 0.3) is 0 Å². The number of hydrogen-bond acceptors (Lipinski definition) is 3. The molecule has 0 saturated heterocycles. The van der Waals surface area contributed by atoms with Crippen LogP contribution in [0, 0.1) is 13.8 Å². The Morgan fingerprint density at radius 3 is 2.64 bits per heavy atom. The Morgan fingerprint density at radius 2 is 2.21 bits per heavy atom. The summed E-state index contributed by atoms with van der Waals surface area (Å²) >= 11 is 1.77. The highest BCUT2D eigenvalue weighted by atomic mass is 32.1. The molecular weight excluding hydrogens is 196 g/mol. The smallest absolute Gasteiger partial charge is 0.203 e. The minimum absolute atomic E-state index is 0.0519. The number of rotatable bonds is 2. The third kappa shape index (κ3) is 2.46. The van der Waals surface area contributed by atoms with E-state index in [1.807, 2.05) is 6.92 Å². The van der Waals surface area contributed by atoms with Gasteiger partial charge in [0.1, 0.15) is 0 Å². The first kappa shape index (κ1) is 11.0. The number of aliphatic imine (C=N–C) groups is 1. The molecule has 0 spiro atoms. The van der Waals surface area contributed by atoms with Crippen LogP contribution < -0.4 is 17.0 Å². The summed E-state index contributed by atoms with van der Waals surface area (Å²) in [6.45, 7) is 6.17. The lowest BCUT2D eigenvalue weighted by molar-refractivity contribution is 0.799. The first-order valence-corrected chi connectivity index (χ1v) is 5.23. The molecule has 1 atom stereocenters. The highest BCUT2D eigenvalue weighted by Crippen LogP contribution is 2.27. The maximum absolute atomic E-state index is 5.49. The summed E-state index contributed by atoms with van der Waals surface area (Å²) in [6, 6.07) is 2.19. The second-order valence-corrected chi connectivity index (χ2v) is 4.66. The van der Waals surface area contributed by atoms with Crippen molar-refractivity contribution in [1.82, 2.24) is 5.43 Å². The third-order valence-corrected chi connectivity index (χ3v) is 2.99. The minimum atomic E-state index is 0.0519. The Balaban J connectivity index is 2.89. The molecule has 0 saturated carbocycles. The molecule has 5 heteroatoms. The number of hydrazine groups is 1. The molecule has 78 valence electrons. The van der Waals surface area contributed by atoms with Crippen molar-refractivity contribution in [3.8, 4) is 0 Å². The number of nitrogens with two attached hydrogens (primary N) is 2. The van der Waals surface area contributed by atoms with Crippen LogP contribution in [-0.2, 0) is 0 Å². The summed E-state index contributed by atoms with van der Waals surface area (Å²) in [5.41, 5.74) is 9.02. The molecule has 0 aliphatic rings. The van der Waals surface area contributed by atoms with E-state index in [0.717, 1.165) is 0 Å². The Kier molecular flexibility index (Phi) is 3.49. The molecule has 0 radical (unpaired) electrons. The van der Waals surface area contributed by atoms with E-state index >= 15 is 0 Å². The zero-order valence-electron chi connectivity index (χ0n) is 8.66. The SMILES string of the molecule is Cc1cc(C(C)N=C(N)NN)c(C)s1. The van der Waals surface area contributed by atoms with Gasteiger partial charge in [-0.3, -0.25) is 5.43 Å². The minimum Gasteiger partial charge on any atom is -0.369 e. The molecule has 1 rings (SSSR count). The first-order valence-electron chi connectivity index (χ1n) is 4.41.